The quantitative estimate of drug-likeness (QED) is 0.629. The number of allylic oxidation sites excluding steroid dienone is 1. The van der Waals surface area contributed by atoms with Gasteiger partial charge in [-0.25, -0.2) is 0 Å². The molecule has 2 saturated carbocycles. The topological polar surface area (TPSA) is 37.3 Å². The van der Waals surface area contributed by atoms with Gasteiger partial charge in [0.25, 0.3) is 0 Å². The van der Waals surface area contributed by atoms with Crippen molar-refractivity contribution >= 4 is 5.97 Å². The molecule has 0 aromatic heterocycles. The Morgan fingerprint density at radius 1 is 1.54 bits per heavy atom. The highest BCUT2D eigenvalue weighted by molar-refractivity contribution is 5.71. The van der Waals surface area contributed by atoms with E-state index >= 15 is 0 Å². The number of fused-ring (bicyclic) bond motifs is 2. The summed E-state index contributed by atoms with van der Waals surface area (Å²) in [4.78, 5) is 11.0. The summed E-state index contributed by atoms with van der Waals surface area (Å²) in [6.07, 6.45) is 1.87. The molecule has 2 aliphatic rings. The van der Waals surface area contributed by atoms with Crippen LogP contribution in [0.15, 0.2) is 12.2 Å². The third kappa shape index (κ3) is 0.976. The number of hydrogen-bond donors (Lipinski definition) is 1. The molecule has 3 atom stereocenters. The SMILES string of the molecule is C=C1C2CC(C(=O)O)C(C2)C1(C)C. The maximum Gasteiger partial charge on any atom is 0.306 e. The second-order valence-electron chi connectivity index (χ2n) is 4.97. The molecule has 0 radical (unpaired) electrons. The van der Waals surface area contributed by atoms with Gasteiger partial charge in [0.05, 0.1) is 5.92 Å². The number of hydrogen-bond acceptors (Lipinski definition) is 1. The Kier molecular flexibility index (Phi) is 1.60. The highest BCUT2D eigenvalue weighted by atomic mass is 16.4. The van der Waals surface area contributed by atoms with Crippen molar-refractivity contribution in [3.05, 3.63) is 12.2 Å². The van der Waals surface area contributed by atoms with Crippen LogP contribution in [-0.2, 0) is 4.79 Å². The van der Waals surface area contributed by atoms with Crippen molar-refractivity contribution in [2.24, 2.45) is 23.2 Å². The summed E-state index contributed by atoms with van der Waals surface area (Å²) in [6.45, 7) is 8.36. The molecule has 0 spiro atoms. The van der Waals surface area contributed by atoms with Gasteiger partial charge in [0.15, 0.2) is 0 Å². The zero-order chi connectivity index (χ0) is 9.80. The Hall–Kier alpha value is -0.790. The number of carbonyl (C=O) groups is 1. The van der Waals surface area contributed by atoms with E-state index in [-0.39, 0.29) is 11.3 Å². The van der Waals surface area contributed by atoms with Crippen LogP contribution in [0.3, 0.4) is 0 Å². The largest absolute Gasteiger partial charge is 0.481 e. The number of carboxylic acids is 1. The molecule has 2 heteroatoms. The van der Waals surface area contributed by atoms with Gasteiger partial charge in [-0.05, 0) is 30.1 Å². The van der Waals surface area contributed by atoms with E-state index in [4.69, 9.17) is 5.11 Å². The second kappa shape index (κ2) is 2.37. The number of carboxylic acid groups (broad SMARTS) is 1. The molecule has 1 N–H and O–H groups in total. The number of rotatable bonds is 1. The van der Waals surface area contributed by atoms with Crippen LogP contribution in [0.25, 0.3) is 0 Å². The molecule has 3 unspecified atom stereocenters. The van der Waals surface area contributed by atoms with Crippen molar-refractivity contribution in [2.75, 3.05) is 0 Å². The van der Waals surface area contributed by atoms with Crippen LogP contribution in [0.1, 0.15) is 26.7 Å². The van der Waals surface area contributed by atoms with Gasteiger partial charge < -0.3 is 5.11 Å². The first-order valence-electron chi connectivity index (χ1n) is 4.86. The van der Waals surface area contributed by atoms with Crippen LogP contribution in [0, 0.1) is 23.2 Å². The molecule has 0 aliphatic heterocycles. The van der Waals surface area contributed by atoms with E-state index < -0.39 is 5.97 Å². The van der Waals surface area contributed by atoms with Crippen LogP contribution in [0.4, 0.5) is 0 Å². The molecular formula is C11H16O2. The summed E-state index contributed by atoms with van der Waals surface area (Å²) < 4.78 is 0. The van der Waals surface area contributed by atoms with Crippen LogP contribution in [0.2, 0.25) is 0 Å². The van der Waals surface area contributed by atoms with Crippen LogP contribution >= 0.6 is 0 Å². The summed E-state index contributed by atoms with van der Waals surface area (Å²) in [6, 6.07) is 0. The Bertz CT molecular complexity index is 278. The monoisotopic (exact) mass is 180 g/mol. The lowest BCUT2D eigenvalue weighted by molar-refractivity contribution is -0.144. The summed E-state index contributed by atoms with van der Waals surface area (Å²) in [7, 11) is 0. The first-order valence-corrected chi connectivity index (χ1v) is 4.86. The van der Waals surface area contributed by atoms with E-state index in [2.05, 4.69) is 20.4 Å². The molecule has 2 aliphatic carbocycles. The fourth-order valence-corrected chi connectivity index (χ4v) is 3.16. The van der Waals surface area contributed by atoms with Gasteiger partial charge in [-0.15, -0.1) is 0 Å². The third-order valence-corrected chi connectivity index (χ3v) is 4.13. The van der Waals surface area contributed by atoms with E-state index in [0.29, 0.717) is 11.8 Å². The maximum atomic E-state index is 11.0. The highest BCUT2D eigenvalue weighted by Crippen LogP contribution is 2.60. The third-order valence-electron chi connectivity index (χ3n) is 4.13. The fraction of sp³-hybridized carbons (Fsp3) is 0.727. The van der Waals surface area contributed by atoms with Crippen molar-refractivity contribution in [3.63, 3.8) is 0 Å². The zero-order valence-electron chi connectivity index (χ0n) is 8.21. The van der Waals surface area contributed by atoms with Gasteiger partial charge in [-0.1, -0.05) is 26.0 Å². The number of aliphatic carboxylic acids is 1. The Labute approximate surface area is 78.6 Å². The van der Waals surface area contributed by atoms with Gasteiger partial charge in [0.2, 0.25) is 0 Å². The van der Waals surface area contributed by atoms with E-state index in [0.717, 1.165) is 12.8 Å². The van der Waals surface area contributed by atoms with Gasteiger partial charge >= 0.3 is 5.97 Å². The minimum Gasteiger partial charge on any atom is -0.481 e. The highest BCUT2D eigenvalue weighted by Gasteiger charge is 2.55. The second-order valence-corrected chi connectivity index (χ2v) is 4.97. The predicted molar refractivity (Wildman–Crippen MR) is 50.3 cm³/mol. The Morgan fingerprint density at radius 2 is 2.15 bits per heavy atom. The molecule has 2 rings (SSSR count). The van der Waals surface area contributed by atoms with Crippen molar-refractivity contribution in [2.45, 2.75) is 26.7 Å². The molecule has 72 valence electrons. The van der Waals surface area contributed by atoms with E-state index in [9.17, 15) is 4.79 Å². The van der Waals surface area contributed by atoms with Gasteiger partial charge in [0, 0.05) is 0 Å². The molecule has 0 heterocycles. The fourth-order valence-electron chi connectivity index (χ4n) is 3.16. The standard InChI is InChI=1S/C11H16O2/c1-6-7-4-8(10(12)13)9(5-7)11(6,2)3/h7-9H,1,4-5H2,2-3H3,(H,12,13). The van der Waals surface area contributed by atoms with Crippen LogP contribution in [0.5, 0.6) is 0 Å². The van der Waals surface area contributed by atoms with Crippen LogP contribution in [-0.4, -0.2) is 11.1 Å². The smallest absolute Gasteiger partial charge is 0.306 e. The lowest BCUT2D eigenvalue weighted by Crippen LogP contribution is -2.33. The summed E-state index contributed by atoms with van der Waals surface area (Å²) in [5.41, 5.74) is 1.32. The minimum atomic E-state index is -0.618. The first kappa shape index (κ1) is 8.79. The summed E-state index contributed by atoms with van der Waals surface area (Å²) in [5.74, 6) is 0.0576. The lowest BCUT2D eigenvalue weighted by Gasteiger charge is -2.35. The van der Waals surface area contributed by atoms with E-state index in [1.165, 1.54) is 5.57 Å². The molecule has 0 saturated heterocycles. The molecule has 2 nitrogen and oxygen atoms in total. The maximum absolute atomic E-state index is 11.0. The predicted octanol–water partition coefficient (Wildman–Crippen LogP) is 2.31. The van der Waals surface area contributed by atoms with Crippen molar-refractivity contribution in [1.29, 1.82) is 0 Å². The summed E-state index contributed by atoms with van der Waals surface area (Å²) in [5, 5.41) is 9.02. The van der Waals surface area contributed by atoms with E-state index in [1.807, 2.05) is 0 Å². The zero-order valence-corrected chi connectivity index (χ0v) is 8.21. The molecule has 0 amide bonds. The molecule has 0 aromatic carbocycles. The molecule has 2 fully saturated rings. The van der Waals surface area contributed by atoms with Crippen molar-refractivity contribution in [3.8, 4) is 0 Å². The van der Waals surface area contributed by atoms with Crippen LogP contribution < -0.4 is 0 Å². The van der Waals surface area contributed by atoms with Gasteiger partial charge in [0.1, 0.15) is 0 Å². The summed E-state index contributed by atoms with van der Waals surface area (Å²) >= 11 is 0. The van der Waals surface area contributed by atoms with Crippen molar-refractivity contribution < 1.29 is 9.90 Å². The normalized spacial score (nSPS) is 41.1. The molecule has 2 bridgehead atoms. The first-order chi connectivity index (χ1) is 5.94. The van der Waals surface area contributed by atoms with Crippen molar-refractivity contribution in [1.82, 2.24) is 0 Å². The van der Waals surface area contributed by atoms with E-state index in [1.54, 1.807) is 0 Å². The minimum absolute atomic E-state index is 0.0476. The Balaban J connectivity index is 2.30. The Morgan fingerprint density at radius 3 is 2.54 bits per heavy atom. The molecule has 0 aromatic rings. The van der Waals surface area contributed by atoms with Gasteiger partial charge in [-0.3, -0.25) is 4.79 Å². The molecule has 13 heavy (non-hydrogen) atoms. The molecular weight excluding hydrogens is 164 g/mol. The average Bonchev–Trinajstić information content (AvgIpc) is 2.52. The lowest BCUT2D eigenvalue weighted by atomic mass is 9.68. The van der Waals surface area contributed by atoms with Gasteiger partial charge in [-0.2, -0.15) is 0 Å². The average molecular weight is 180 g/mol.